The van der Waals surface area contributed by atoms with Crippen molar-refractivity contribution >= 4 is 5.91 Å². The molecule has 2 N–H and O–H groups in total. The average molecular weight is 236 g/mol. The molecule has 0 spiro atoms. The van der Waals surface area contributed by atoms with Gasteiger partial charge in [0.1, 0.15) is 5.82 Å². The van der Waals surface area contributed by atoms with E-state index in [-0.39, 0.29) is 11.7 Å². The van der Waals surface area contributed by atoms with Gasteiger partial charge in [0, 0.05) is 12.6 Å². The number of hydrogen-bond donors (Lipinski definition) is 1. The van der Waals surface area contributed by atoms with E-state index in [0.29, 0.717) is 12.6 Å². The van der Waals surface area contributed by atoms with Crippen LogP contribution in [0.3, 0.4) is 0 Å². The number of amides is 1. The first-order valence-corrected chi connectivity index (χ1v) is 5.88. The average Bonchev–Trinajstić information content (AvgIpc) is 3.11. The third-order valence-corrected chi connectivity index (χ3v) is 2.93. The maximum absolute atomic E-state index is 12.8. The summed E-state index contributed by atoms with van der Waals surface area (Å²) in [5.41, 5.74) is 6.57. The predicted octanol–water partition coefficient (Wildman–Crippen LogP) is 1.66. The lowest BCUT2D eigenvalue weighted by Gasteiger charge is -2.24. The summed E-state index contributed by atoms with van der Waals surface area (Å²) in [6.07, 6.45) is 2.08. The van der Waals surface area contributed by atoms with Gasteiger partial charge in [-0.1, -0.05) is 12.1 Å². The number of hydrogen-bond acceptors (Lipinski definition) is 2. The molecule has 0 aliphatic heterocycles. The standard InChI is InChI=1S/C13H17FN2O/c1-9(15)13(17)16(12-6-7-12)8-10-2-4-11(14)5-3-10/h2-5,9,12H,6-8,15H2,1H3/t9-/m0/s1. The van der Waals surface area contributed by atoms with Crippen LogP contribution in [-0.4, -0.2) is 22.9 Å². The van der Waals surface area contributed by atoms with E-state index in [0.717, 1.165) is 18.4 Å². The first-order valence-electron chi connectivity index (χ1n) is 5.88. The topological polar surface area (TPSA) is 46.3 Å². The number of rotatable bonds is 4. The first-order chi connectivity index (χ1) is 8.08. The maximum atomic E-state index is 12.8. The normalized spacial score (nSPS) is 16.6. The number of carbonyl (C=O) groups is 1. The maximum Gasteiger partial charge on any atom is 0.239 e. The van der Waals surface area contributed by atoms with Gasteiger partial charge in [0.05, 0.1) is 6.04 Å². The van der Waals surface area contributed by atoms with Crippen LogP contribution in [0.1, 0.15) is 25.3 Å². The number of halogens is 1. The van der Waals surface area contributed by atoms with Gasteiger partial charge in [0.15, 0.2) is 0 Å². The van der Waals surface area contributed by atoms with Gasteiger partial charge in [0.2, 0.25) is 5.91 Å². The van der Waals surface area contributed by atoms with E-state index in [4.69, 9.17) is 5.73 Å². The molecule has 0 bridgehead atoms. The molecule has 0 unspecified atom stereocenters. The second-order valence-corrected chi connectivity index (χ2v) is 4.61. The van der Waals surface area contributed by atoms with Gasteiger partial charge < -0.3 is 10.6 Å². The molecule has 0 saturated heterocycles. The highest BCUT2D eigenvalue weighted by Gasteiger charge is 2.33. The Kier molecular flexibility index (Phi) is 3.43. The van der Waals surface area contributed by atoms with E-state index in [9.17, 15) is 9.18 Å². The Bertz CT molecular complexity index is 398. The van der Waals surface area contributed by atoms with Crippen LogP contribution in [0.4, 0.5) is 4.39 Å². The highest BCUT2D eigenvalue weighted by molar-refractivity contribution is 5.81. The minimum Gasteiger partial charge on any atom is -0.334 e. The SMILES string of the molecule is C[C@H](N)C(=O)N(Cc1ccc(F)cc1)C1CC1. The van der Waals surface area contributed by atoms with Gasteiger partial charge in [-0.25, -0.2) is 4.39 Å². The molecule has 1 aliphatic rings. The van der Waals surface area contributed by atoms with Crippen molar-refractivity contribution in [2.45, 2.75) is 38.4 Å². The second-order valence-electron chi connectivity index (χ2n) is 4.61. The zero-order valence-electron chi connectivity index (χ0n) is 9.90. The van der Waals surface area contributed by atoms with Crippen LogP contribution >= 0.6 is 0 Å². The van der Waals surface area contributed by atoms with E-state index >= 15 is 0 Å². The van der Waals surface area contributed by atoms with Crippen LogP contribution in [0.25, 0.3) is 0 Å². The Morgan fingerprint density at radius 2 is 2.06 bits per heavy atom. The molecule has 0 radical (unpaired) electrons. The summed E-state index contributed by atoms with van der Waals surface area (Å²) < 4.78 is 12.8. The summed E-state index contributed by atoms with van der Waals surface area (Å²) >= 11 is 0. The molecule has 92 valence electrons. The van der Waals surface area contributed by atoms with Gasteiger partial charge in [-0.2, -0.15) is 0 Å². The van der Waals surface area contributed by atoms with Gasteiger partial charge in [-0.15, -0.1) is 0 Å². The van der Waals surface area contributed by atoms with Crippen LogP contribution in [0, 0.1) is 5.82 Å². The van der Waals surface area contributed by atoms with Crippen LogP contribution in [0.15, 0.2) is 24.3 Å². The third kappa shape index (κ3) is 3.03. The van der Waals surface area contributed by atoms with Crippen LogP contribution < -0.4 is 5.73 Å². The molecule has 1 aliphatic carbocycles. The van der Waals surface area contributed by atoms with Crippen LogP contribution in [-0.2, 0) is 11.3 Å². The molecule has 1 aromatic rings. The van der Waals surface area contributed by atoms with E-state index in [1.165, 1.54) is 12.1 Å². The van der Waals surface area contributed by atoms with Crippen LogP contribution in [0.2, 0.25) is 0 Å². The first kappa shape index (κ1) is 12.0. The monoisotopic (exact) mass is 236 g/mol. The lowest BCUT2D eigenvalue weighted by atomic mass is 10.2. The highest BCUT2D eigenvalue weighted by atomic mass is 19.1. The fraction of sp³-hybridized carbons (Fsp3) is 0.462. The van der Waals surface area contributed by atoms with E-state index in [1.807, 2.05) is 0 Å². The number of nitrogens with zero attached hydrogens (tertiary/aromatic N) is 1. The Hall–Kier alpha value is -1.42. The molecule has 1 atom stereocenters. The van der Waals surface area contributed by atoms with Gasteiger partial charge in [-0.05, 0) is 37.5 Å². The molecule has 1 fully saturated rings. The molecule has 17 heavy (non-hydrogen) atoms. The number of nitrogens with two attached hydrogens (primary N) is 1. The number of carbonyl (C=O) groups excluding carboxylic acids is 1. The van der Waals surface area contributed by atoms with Crippen molar-refractivity contribution in [3.05, 3.63) is 35.6 Å². The molecular formula is C13H17FN2O. The Morgan fingerprint density at radius 3 is 2.53 bits per heavy atom. The lowest BCUT2D eigenvalue weighted by Crippen LogP contribution is -2.42. The highest BCUT2D eigenvalue weighted by Crippen LogP contribution is 2.28. The van der Waals surface area contributed by atoms with Crippen molar-refractivity contribution in [3.63, 3.8) is 0 Å². The Morgan fingerprint density at radius 1 is 1.47 bits per heavy atom. The Labute approximate surface area is 100 Å². The van der Waals surface area contributed by atoms with Crippen molar-refractivity contribution in [3.8, 4) is 0 Å². The fourth-order valence-corrected chi connectivity index (χ4v) is 1.82. The van der Waals surface area contributed by atoms with Crippen molar-refractivity contribution < 1.29 is 9.18 Å². The second kappa shape index (κ2) is 4.84. The van der Waals surface area contributed by atoms with Crippen molar-refractivity contribution in [2.24, 2.45) is 5.73 Å². The van der Waals surface area contributed by atoms with E-state index in [2.05, 4.69) is 0 Å². The molecule has 3 nitrogen and oxygen atoms in total. The molecular weight excluding hydrogens is 219 g/mol. The fourth-order valence-electron chi connectivity index (χ4n) is 1.82. The van der Waals surface area contributed by atoms with Crippen molar-refractivity contribution in [1.82, 2.24) is 4.90 Å². The lowest BCUT2D eigenvalue weighted by molar-refractivity contribution is -0.133. The van der Waals surface area contributed by atoms with Gasteiger partial charge >= 0.3 is 0 Å². The molecule has 0 heterocycles. The molecule has 1 saturated carbocycles. The Balaban J connectivity index is 2.07. The predicted molar refractivity (Wildman–Crippen MR) is 63.6 cm³/mol. The molecule has 2 rings (SSSR count). The molecule has 0 aromatic heterocycles. The van der Waals surface area contributed by atoms with E-state index in [1.54, 1.807) is 24.0 Å². The minimum absolute atomic E-state index is 0.0307. The molecule has 1 amide bonds. The summed E-state index contributed by atoms with van der Waals surface area (Å²) in [5, 5.41) is 0. The summed E-state index contributed by atoms with van der Waals surface area (Å²) in [5.74, 6) is -0.290. The van der Waals surface area contributed by atoms with E-state index < -0.39 is 6.04 Å². The summed E-state index contributed by atoms with van der Waals surface area (Å²) in [4.78, 5) is 13.7. The minimum atomic E-state index is -0.476. The summed E-state index contributed by atoms with van der Waals surface area (Å²) in [6.45, 7) is 2.22. The summed E-state index contributed by atoms with van der Waals surface area (Å²) in [6, 6.07) is 6.08. The van der Waals surface area contributed by atoms with Crippen molar-refractivity contribution in [2.75, 3.05) is 0 Å². The molecule has 1 aromatic carbocycles. The molecule has 4 heteroatoms. The van der Waals surface area contributed by atoms with Crippen molar-refractivity contribution in [1.29, 1.82) is 0 Å². The smallest absolute Gasteiger partial charge is 0.239 e. The number of benzene rings is 1. The van der Waals surface area contributed by atoms with Crippen LogP contribution in [0.5, 0.6) is 0 Å². The zero-order chi connectivity index (χ0) is 12.4. The van der Waals surface area contributed by atoms with Gasteiger partial charge in [-0.3, -0.25) is 4.79 Å². The van der Waals surface area contributed by atoms with Gasteiger partial charge in [0.25, 0.3) is 0 Å². The largest absolute Gasteiger partial charge is 0.334 e. The summed E-state index contributed by atoms with van der Waals surface area (Å²) in [7, 11) is 0. The quantitative estimate of drug-likeness (QED) is 0.864. The zero-order valence-corrected chi connectivity index (χ0v) is 9.90. The third-order valence-electron chi connectivity index (χ3n) is 2.93.